The maximum absolute atomic E-state index is 12.5. The first-order valence-electron chi connectivity index (χ1n) is 6.99. The molecule has 2 atom stereocenters. The van der Waals surface area contributed by atoms with Crippen LogP contribution in [0.25, 0.3) is 0 Å². The molecule has 8 heteroatoms. The molecule has 1 fully saturated rings. The molecule has 1 aromatic heterocycles. The van der Waals surface area contributed by atoms with Crippen LogP contribution in [0.15, 0.2) is 20.0 Å². The van der Waals surface area contributed by atoms with Crippen LogP contribution >= 0.6 is 15.9 Å². The van der Waals surface area contributed by atoms with Gasteiger partial charge in [-0.2, -0.15) is 0 Å². The molecular formula is C13H22BrN3O3S. The zero-order valence-electron chi connectivity index (χ0n) is 12.5. The van der Waals surface area contributed by atoms with Crippen molar-refractivity contribution in [1.29, 1.82) is 0 Å². The van der Waals surface area contributed by atoms with E-state index in [0.717, 1.165) is 19.4 Å². The van der Waals surface area contributed by atoms with Gasteiger partial charge in [0.25, 0.3) is 0 Å². The zero-order valence-corrected chi connectivity index (χ0v) is 14.9. The van der Waals surface area contributed by atoms with Crippen molar-refractivity contribution in [2.45, 2.75) is 43.3 Å². The van der Waals surface area contributed by atoms with Gasteiger partial charge in [0.1, 0.15) is 10.7 Å². The summed E-state index contributed by atoms with van der Waals surface area (Å²) in [5.74, 6) is 0.585. The van der Waals surface area contributed by atoms with Gasteiger partial charge < -0.3 is 14.6 Å². The fourth-order valence-electron chi connectivity index (χ4n) is 2.52. The summed E-state index contributed by atoms with van der Waals surface area (Å²) < 4.78 is 33.4. The van der Waals surface area contributed by atoms with Crippen LogP contribution in [0.5, 0.6) is 0 Å². The Morgan fingerprint density at radius 1 is 1.52 bits per heavy atom. The molecule has 0 saturated carbocycles. The quantitative estimate of drug-likeness (QED) is 0.810. The molecule has 1 aliphatic rings. The van der Waals surface area contributed by atoms with Crippen molar-refractivity contribution in [3.8, 4) is 0 Å². The van der Waals surface area contributed by atoms with Crippen molar-refractivity contribution >= 4 is 26.0 Å². The number of nitrogens with one attached hydrogen (secondary N) is 2. The smallest absolute Gasteiger partial charge is 0.245 e. The molecule has 6 nitrogen and oxygen atoms in total. The van der Waals surface area contributed by atoms with Crippen molar-refractivity contribution < 1.29 is 12.8 Å². The third-order valence-electron chi connectivity index (χ3n) is 3.88. The minimum Gasteiger partial charge on any atom is -0.452 e. The molecule has 2 heterocycles. The van der Waals surface area contributed by atoms with Crippen molar-refractivity contribution in [1.82, 2.24) is 14.9 Å². The van der Waals surface area contributed by atoms with E-state index < -0.39 is 10.0 Å². The lowest BCUT2D eigenvalue weighted by molar-refractivity contribution is 0.178. The highest BCUT2D eigenvalue weighted by Crippen LogP contribution is 2.27. The molecule has 1 aromatic rings. The molecule has 2 N–H and O–H groups in total. The van der Waals surface area contributed by atoms with E-state index in [-0.39, 0.29) is 15.6 Å². The number of likely N-dealkylation sites (tertiary alicyclic amines) is 1. The fourth-order valence-corrected chi connectivity index (χ4v) is 4.80. The molecule has 0 amide bonds. The molecule has 1 saturated heterocycles. The van der Waals surface area contributed by atoms with Crippen molar-refractivity contribution in [2.75, 3.05) is 20.6 Å². The normalized spacial score (nSPS) is 24.4. The van der Waals surface area contributed by atoms with E-state index in [4.69, 9.17) is 4.42 Å². The van der Waals surface area contributed by atoms with Crippen molar-refractivity contribution in [2.24, 2.45) is 0 Å². The van der Waals surface area contributed by atoms with Gasteiger partial charge in [-0.05, 0) is 56.3 Å². The molecule has 21 heavy (non-hydrogen) atoms. The number of nitrogens with zero attached hydrogens (tertiary/aromatic N) is 1. The Balaban J connectivity index is 2.11. The van der Waals surface area contributed by atoms with Crippen LogP contribution in [0, 0.1) is 0 Å². The average molecular weight is 380 g/mol. The van der Waals surface area contributed by atoms with Crippen molar-refractivity contribution in [3.05, 3.63) is 16.5 Å². The van der Waals surface area contributed by atoms with E-state index in [0.29, 0.717) is 18.3 Å². The lowest BCUT2D eigenvalue weighted by atomic mass is 10.0. The summed E-state index contributed by atoms with van der Waals surface area (Å²) in [6.45, 7) is 3.49. The van der Waals surface area contributed by atoms with Crippen LogP contribution in [0.3, 0.4) is 0 Å². The van der Waals surface area contributed by atoms with Gasteiger partial charge >= 0.3 is 0 Å². The van der Waals surface area contributed by atoms with Gasteiger partial charge in [-0.15, -0.1) is 0 Å². The summed E-state index contributed by atoms with van der Waals surface area (Å²) >= 11 is 3.19. The summed E-state index contributed by atoms with van der Waals surface area (Å²) in [4.78, 5) is 2.41. The number of hydrogen-bond donors (Lipinski definition) is 2. The van der Waals surface area contributed by atoms with E-state index in [9.17, 15) is 8.42 Å². The number of halogens is 1. The molecule has 0 aromatic carbocycles. The zero-order chi connectivity index (χ0) is 15.6. The first kappa shape index (κ1) is 17.0. The molecule has 0 radical (unpaired) electrons. The van der Waals surface area contributed by atoms with Gasteiger partial charge in [-0.3, -0.25) is 0 Å². The second-order valence-electron chi connectivity index (χ2n) is 5.55. The summed E-state index contributed by atoms with van der Waals surface area (Å²) in [5.41, 5.74) is 0. The Bertz CT molecular complexity index is 587. The van der Waals surface area contributed by atoms with E-state index in [2.05, 4.69) is 44.8 Å². The van der Waals surface area contributed by atoms with Gasteiger partial charge in [0.15, 0.2) is 4.67 Å². The molecular weight excluding hydrogens is 358 g/mol. The third kappa shape index (κ3) is 4.07. The molecule has 2 unspecified atom stereocenters. The van der Waals surface area contributed by atoms with E-state index in [1.807, 2.05) is 0 Å². The molecule has 120 valence electrons. The first-order chi connectivity index (χ1) is 9.83. The monoisotopic (exact) mass is 379 g/mol. The number of piperidine rings is 1. The van der Waals surface area contributed by atoms with Crippen LogP contribution in [0.4, 0.5) is 0 Å². The van der Waals surface area contributed by atoms with Crippen LogP contribution < -0.4 is 10.0 Å². The summed E-state index contributed by atoms with van der Waals surface area (Å²) in [6.07, 6.45) is 1.63. The van der Waals surface area contributed by atoms with E-state index in [1.54, 1.807) is 13.1 Å². The largest absolute Gasteiger partial charge is 0.452 e. The third-order valence-corrected chi connectivity index (χ3v) is 6.25. The lowest BCUT2D eigenvalue weighted by Crippen LogP contribution is -2.47. The average Bonchev–Trinajstić information content (AvgIpc) is 2.76. The predicted molar refractivity (Wildman–Crippen MR) is 84.6 cm³/mol. The minimum atomic E-state index is -3.57. The van der Waals surface area contributed by atoms with Gasteiger partial charge in [-0.25, -0.2) is 13.1 Å². The second kappa shape index (κ2) is 6.78. The predicted octanol–water partition coefficient (Wildman–Crippen LogP) is 1.52. The Morgan fingerprint density at radius 3 is 2.86 bits per heavy atom. The van der Waals surface area contributed by atoms with Gasteiger partial charge in [-0.1, -0.05) is 0 Å². The molecule has 0 spiro atoms. The topological polar surface area (TPSA) is 74.6 Å². The first-order valence-corrected chi connectivity index (χ1v) is 9.26. The van der Waals surface area contributed by atoms with Crippen LogP contribution in [0.1, 0.15) is 25.5 Å². The minimum absolute atomic E-state index is 0.0317. The number of rotatable bonds is 5. The van der Waals surface area contributed by atoms with Gasteiger partial charge in [0.05, 0.1) is 6.54 Å². The maximum Gasteiger partial charge on any atom is 0.245 e. The van der Waals surface area contributed by atoms with Crippen LogP contribution in [0.2, 0.25) is 0 Å². The number of sulfonamides is 1. The van der Waals surface area contributed by atoms with Crippen molar-refractivity contribution in [3.63, 3.8) is 0 Å². The van der Waals surface area contributed by atoms with Gasteiger partial charge in [0.2, 0.25) is 10.0 Å². The number of furan rings is 1. The van der Waals surface area contributed by atoms with Crippen LogP contribution in [-0.2, 0) is 16.6 Å². The second-order valence-corrected chi connectivity index (χ2v) is 7.96. The molecule has 0 bridgehead atoms. The van der Waals surface area contributed by atoms with E-state index >= 15 is 0 Å². The van der Waals surface area contributed by atoms with E-state index in [1.165, 1.54) is 0 Å². The summed E-state index contributed by atoms with van der Waals surface area (Å²) in [7, 11) is 0.276. The maximum atomic E-state index is 12.5. The molecule has 0 aliphatic carbocycles. The highest BCUT2D eigenvalue weighted by atomic mass is 79.9. The Labute approximate surface area is 134 Å². The summed E-state index contributed by atoms with van der Waals surface area (Å²) in [5, 5.41) is 2.93. The fraction of sp³-hybridized carbons (Fsp3) is 0.692. The summed E-state index contributed by atoms with van der Waals surface area (Å²) in [6, 6.07) is 1.90. The van der Waals surface area contributed by atoms with Crippen LogP contribution in [-0.4, -0.2) is 46.0 Å². The Hall–Kier alpha value is -0.410. The Morgan fingerprint density at radius 2 is 2.24 bits per heavy atom. The highest BCUT2D eigenvalue weighted by Gasteiger charge is 2.29. The lowest BCUT2D eigenvalue weighted by Gasteiger charge is -2.35. The molecule has 1 aliphatic heterocycles. The van der Waals surface area contributed by atoms with Gasteiger partial charge in [0, 0.05) is 18.2 Å². The molecule has 2 rings (SSSR count). The Kier molecular flexibility index (Phi) is 5.48. The standard InChI is InChI=1S/C13H22BrN3O3S/c1-9-6-10(4-5-17(9)3)16-21(18,19)12-7-11(8-15-2)20-13(12)14/h7,9-10,15-16H,4-6,8H2,1-3H3. The highest BCUT2D eigenvalue weighted by molar-refractivity contribution is 9.10. The number of hydrogen-bond acceptors (Lipinski definition) is 5. The SMILES string of the molecule is CNCc1cc(S(=O)(=O)NC2CCN(C)C(C)C2)c(Br)o1.